The molecule has 3 rings (SSSR count). The zero-order valence-corrected chi connectivity index (χ0v) is 14.3. The van der Waals surface area contributed by atoms with E-state index in [1.807, 2.05) is 0 Å². The molecule has 2 aliphatic rings. The number of nitrogens with one attached hydrogen (secondary N) is 1. The number of esters is 1. The van der Waals surface area contributed by atoms with E-state index in [2.05, 4.69) is 0 Å². The maximum absolute atomic E-state index is 12.3. The first-order valence-corrected chi connectivity index (χ1v) is 8.55. The van der Waals surface area contributed by atoms with Crippen LogP contribution in [0.3, 0.4) is 0 Å². The summed E-state index contributed by atoms with van der Waals surface area (Å²) in [5, 5.41) is 0.435. The van der Waals surface area contributed by atoms with Crippen LogP contribution in [0.4, 0.5) is 5.69 Å². The zero-order valence-electron chi connectivity index (χ0n) is 13.5. The van der Waals surface area contributed by atoms with Crippen LogP contribution in [0.15, 0.2) is 18.2 Å². The molecular formula is C17H20ClN2O4+. The summed E-state index contributed by atoms with van der Waals surface area (Å²) in [4.78, 5) is 39.0. The van der Waals surface area contributed by atoms with Gasteiger partial charge in [0.15, 0.2) is 6.67 Å². The molecule has 2 atom stereocenters. The number of ketones is 1. The molecule has 0 aromatic heterocycles. The highest BCUT2D eigenvalue weighted by atomic mass is 35.5. The number of carbonyl (C=O) groups excluding carboxylic acids is 3. The SMILES string of the molecule is CCOC(=O)[C@H]1CCC[NH+](CN2C(=O)C(=O)c3cc(Cl)ccc32)C1. The summed E-state index contributed by atoms with van der Waals surface area (Å²) in [6.07, 6.45) is 1.70. The number of ether oxygens (including phenoxy) is 1. The van der Waals surface area contributed by atoms with Gasteiger partial charge in [-0.25, -0.2) is 0 Å². The van der Waals surface area contributed by atoms with E-state index < -0.39 is 11.7 Å². The van der Waals surface area contributed by atoms with Crippen molar-refractivity contribution < 1.29 is 24.0 Å². The first kappa shape index (κ1) is 16.9. The number of Topliss-reactive ketones (excluding diaryl/α,β-unsaturated/α-hetero) is 1. The number of nitrogens with zero attached hydrogens (tertiary/aromatic N) is 1. The van der Waals surface area contributed by atoms with Crippen LogP contribution in [0, 0.1) is 5.92 Å². The highest BCUT2D eigenvalue weighted by Crippen LogP contribution is 2.30. The topological polar surface area (TPSA) is 68.1 Å². The Balaban J connectivity index is 1.73. The molecule has 1 fully saturated rings. The number of piperidine rings is 1. The molecule has 7 heteroatoms. The molecule has 0 radical (unpaired) electrons. The molecule has 0 bridgehead atoms. The van der Waals surface area contributed by atoms with Crippen molar-refractivity contribution in [3.05, 3.63) is 28.8 Å². The number of anilines is 1. The predicted molar refractivity (Wildman–Crippen MR) is 88.2 cm³/mol. The molecule has 1 saturated heterocycles. The van der Waals surface area contributed by atoms with Crippen LogP contribution in [0.2, 0.25) is 5.02 Å². The molecule has 0 spiro atoms. The number of quaternary nitrogens is 1. The normalized spacial score (nSPS) is 23.3. The summed E-state index contributed by atoms with van der Waals surface area (Å²) in [5.74, 6) is -1.37. The highest BCUT2D eigenvalue weighted by Gasteiger charge is 2.39. The molecule has 1 aromatic carbocycles. The summed E-state index contributed by atoms with van der Waals surface area (Å²) in [6, 6.07) is 4.91. The van der Waals surface area contributed by atoms with Crippen molar-refractivity contribution in [1.82, 2.24) is 0 Å². The van der Waals surface area contributed by atoms with Gasteiger partial charge in [-0.1, -0.05) is 11.6 Å². The van der Waals surface area contributed by atoms with Gasteiger partial charge in [0.1, 0.15) is 5.92 Å². The fourth-order valence-corrected chi connectivity index (χ4v) is 3.58. The van der Waals surface area contributed by atoms with Gasteiger partial charge in [-0.3, -0.25) is 19.3 Å². The molecular weight excluding hydrogens is 332 g/mol. The number of rotatable bonds is 4. The number of benzene rings is 1. The predicted octanol–water partition coefficient (Wildman–Crippen LogP) is 0.685. The fourth-order valence-electron chi connectivity index (χ4n) is 3.41. The molecule has 1 N–H and O–H groups in total. The third-order valence-electron chi connectivity index (χ3n) is 4.55. The van der Waals surface area contributed by atoms with E-state index in [1.54, 1.807) is 19.1 Å². The van der Waals surface area contributed by atoms with Gasteiger partial charge in [0.25, 0.3) is 5.78 Å². The number of halogens is 1. The van der Waals surface area contributed by atoms with Gasteiger partial charge in [-0.05, 0) is 38.0 Å². The maximum atomic E-state index is 12.3. The molecule has 1 unspecified atom stereocenters. The first-order valence-electron chi connectivity index (χ1n) is 8.17. The molecule has 0 aliphatic carbocycles. The zero-order chi connectivity index (χ0) is 17.3. The number of carbonyl (C=O) groups is 3. The van der Waals surface area contributed by atoms with E-state index in [0.717, 1.165) is 24.3 Å². The van der Waals surface area contributed by atoms with E-state index in [9.17, 15) is 14.4 Å². The average Bonchev–Trinajstić information content (AvgIpc) is 2.80. The number of hydrogen-bond donors (Lipinski definition) is 1. The quantitative estimate of drug-likeness (QED) is 0.640. The Hall–Kier alpha value is -1.92. The Labute approximate surface area is 145 Å². The first-order chi connectivity index (χ1) is 11.5. The van der Waals surface area contributed by atoms with Crippen LogP contribution in [0.5, 0.6) is 0 Å². The lowest BCUT2D eigenvalue weighted by atomic mass is 9.98. The Morgan fingerprint density at radius 1 is 1.42 bits per heavy atom. The van der Waals surface area contributed by atoms with Crippen LogP contribution in [-0.2, 0) is 14.3 Å². The third-order valence-corrected chi connectivity index (χ3v) is 4.79. The monoisotopic (exact) mass is 351 g/mol. The van der Waals surface area contributed by atoms with Gasteiger partial charge >= 0.3 is 11.9 Å². The number of likely N-dealkylation sites (tertiary alicyclic amines) is 1. The largest absolute Gasteiger partial charge is 0.466 e. The second-order valence-corrected chi connectivity index (χ2v) is 6.61. The van der Waals surface area contributed by atoms with Gasteiger partial charge in [0, 0.05) is 5.02 Å². The van der Waals surface area contributed by atoms with Crippen molar-refractivity contribution >= 4 is 34.9 Å². The molecule has 1 amide bonds. The van der Waals surface area contributed by atoms with Crippen LogP contribution in [0.1, 0.15) is 30.1 Å². The minimum atomic E-state index is -0.530. The Bertz CT molecular complexity index is 691. The lowest BCUT2D eigenvalue weighted by Crippen LogP contribution is -3.15. The molecule has 24 heavy (non-hydrogen) atoms. The van der Waals surface area contributed by atoms with Gasteiger partial charge in [0.2, 0.25) is 0 Å². The van der Waals surface area contributed by atoms with Gasteiger partial charge in [-0.15, -0.1) is 0 Å². The van der Waals surface area contributed by atoms with Crippen LogP contribution in [0.25, 0.3) is 0 Å². The van der Waals surface area contributed by atoms with E-state index in [4.69, 9.17) is 16.3 Å². The summed E-state index contributed by atoms with van der Waals surface area (Å²) >= 11 is 5.92. The summed E-state index contributed by atoms with van der Waals surface area (Å²) in [5.41, 5.74) is 0.950. The standard InChI is InChI=1S/C17H19ClN2O4/c1-2-24-17(23)11-4-3-7-19(9-11)10-20-14-6-5-12(18)8-13(14)15(21)16(20)22/h5-6,8,11H,2-4,7,9-10H2,1H3/p+1/t11-/m0/s1. The van der Waals surface area contributed by atoms with Crippen molar-refractivity contribution in [2.45, 2.75) is 19.8 Å². The van der Waals surface area contributed by atoms with Crippen molar-refractivity contribution in [1.29, 1.82) is 0 Å². The van der Waals surface area contributed by atoms with E-state index >= 15 is 0 Å². The van der Waals surface area contributed by atoms with Crippen molar-refractivity contribution in [2.75, 3.05) is 31.3 Å². The molecule has 1 aromatic rings. The summed E-state index contributed by atoms with van der Waals surface area (Å²) in [7, 11) is 0. The Morgan fingerprint density at radius 3 is 2.96 bits per heavy atom. The Morgan fingerprint density at radius 2 is 2.21 bits per heavy atom. The fraction of sp³-hybridized carbons (Fsp3) is 0.471. The van der Waals surface area contributed by atoms with Crippen LogP contribution >= 0.6 is 11.6 Å². The molecule has 2 heterocycles. The highest BCUT2D eigenvalue weighted by molar-refractivity contribution is 6.52. The third kappa shape index (κ3) is 3.16. The molecule has 0 saturated carbocycles. The number of fused-ring (bicyclic) bond motifs is 1. The van der Waals surface area contributed by atoms with Crippen LogP contribution < -0.4 is 9.80 Å². The number of amides is 1. The Kier molecular flexibility index (Phi) is 4.87. The van der Waals surface area contributed by atoms with Crippen LogP contribution in [-0.4, -0.2) is 44.0 Å². The van der Waals surface area contributed by atoms with Crippen molar-refractivity contribution in [2.24, 2.45) is 5.92 Å². The van der Waals surface area contributed by atoms with Gasteiger partial charge in [-0.2, -0.15) is 0 Å². The average molecular weight is 352 g/mol. The van der Waals surface area contributed by atoms with E-state index in [1.165, 1.54) is 11.0 Å². The molecule has 128 valence electrons. The lowest BCUT2D eigenvalue weighted by Gasteiger charge is -2.31. The maximum Gasteiger partial charge on any atom is 0.314 e. The summed E-state index contributed by atoms with van der Waals surface area (Å²) < 4.78 is 5.11. The lowest BCUT2D eigenvalue weighted by molar-refractivity contribution is -0.906. The second kappa shape index (κ2) is 6.91. The van der Waals surface area contributed by atoms with Gasteiger partial charge < -0.3 is 9.64 Å². The number of hydrogen-bond acceptors (Lipinski definition) is 4. The van der Waals surface area contributed by atoms with E-state index in [0.29, 0.717) is 36.1 Å². The van der Waals surface area contributed by atoms with Crippen molar-refractivity contribution in [3.8, 4) is 0 Å². The second-order valence-electron chi connectivity index (χ2n) is 6.18. The smallest absolute Gasteiger partial charge is 0.314 e. The molecule has 2 aliphatic heterocycles. The summed E-state index contributed by atoms with van der Waals surface area (Å²) in [6.45, 7) is 4.01. The molecule has 6 nitrogen and oxygen atoms in total. The van der Waals surface area contributed by atoms with Gasteiger partial charge in [0.05, 0.1) is 30.9 Å². The van der Waals surface area contributed by atoms with Crippen molar-refractivity contribution in [3.63, 3.8) is 0 Å². The minimum Gasteiger partial charge on any atom is -0.466 e. The minimum absolute atomic E-state index is 0.146. The van der Waals surface area contributed by atoms with E-state index in [-0.39, 0.29) is 11.9 Å².